The molecule has 29 nitrogen and oxygen atoms in total. The molecule has 86 heavy (non-hydrogen) atoms. The molecule has 0 aliphatic carbocycles. The minimum absolute atomic E-state index is 0.0244. The molecule has 0 aromatic carbocycles. The molecule has 0 bridgehead atoms. The fourth-order valence-corrected chi connectivity index (χ4v) is 8.92. The van der Waals surface area contributed by atoms with E-state index in [9.17, 15) is 78.0 Å². The zero-order valence-corrected chi connectivity index (χ0v) is 52.2. The van der Waals surface area contributed by atoms with Gasteiger partial charge in [0.15, 0.2) is 5.78 Å². The number of ketones is 1. The second-order valence-corrected chi connectivity index (χ2v) is 21.3. The number of halogens is 1. The van der Waals surface area contributed by atoms with Crippen LogP contribution in [0.5, 0.6) is 0 Å². The number of nitrogens with one attached hydrogen (secondary N) is 8. The lowest BCUT2D eigenvalue weighted by Crippen LogP contribution is -2.52. The normalized spacial score (nSPS) is 13.2. The summed E-state index contributed by atoms with van der Waals surface area (Å²) in [6, 6.07) is -5.87. The van der Waals surface area contributed by atoms with Crippen LogP contribution in [0.4, 0.5) is 0 Å². The molecule has 0 fully saturated rings. The van der Waals surface area contributed by atoms with Crippen LogP contribution in [0.3, 0.4) is 0 Å². The van der Waals surface area contributed by atoms with E-state index in [0.29, 0.717) is 25.7 Å². The van der Waals surface area contributed by atoms with Gasteiger partial charge in [0.1, 0.15) is 37.4 Å². The maximum Gasteiger partial charge on any atom is 0.326 e. The summed E-state index contributed by atoms with van der Waals surface area (Å²) in [5.74, 6) is -8.99. The molecular weight excluding hydrogens is 1250 g/mol. The van der Waals surface area contributed by atoms with Crippen LogP contribution < -0.4 is 40.7 Å². The molecule has 0 heterocycles. The number of rotatable bonds is 58. The second kappa shape index (κ2) is 52.5. The van der Waals surface area contributed by atoms with Crippen LogP contribution in [-0.2, 0) is 76.5 Å². The van der Waals surface area contributed by atoms with E-state index >= 15 is 0 Å². The summed E-state index contributed by atoms with van der Waals surface area (Å²) in [7, 11) is 0. The van der Waals surface area contributed by atoms with E-state index < -0.39 is 114 Å². The predicted molar refractivity (Wildman–Crippen MR) is 319 cm³/mol. The molecule has 0 radical (unpaired) electrons. The Bertz CT molecular complexity index is 2020. The van der Waals surface area contributed by atoms with Crippen molar-refractivity contribution in [3.8, 4) is 0 Å². The van der Waals surface area contributed by atoms with Crippen LogP contribution in [0.25, 0.3) is 0 Å². The number of carbonyl (C=O) groups excluding carboxylic acids is 8. The molecule has 0 aliphatic rings. The molecule has 0 aromatic heterocycles. The largest absolute Gasteiger partial charge is 0.481 e. The van der Waals surface area contributed by atoms with E-state index in [0.717, 1.165) is 51.4 Å². The highest BCUT2D eigenvalue weighted by Crippen LogP contribution is 2.14. The summed E-state index contributed by atoms with van der Waals surface area (Å²) in [6.07, 6.45) is 13.8. The number of carbonyl (C=O) groups is 12. The number of Topliss-reactive ketones (excluding diaryl/α,β-unsaturated/α-hetero) is 1. The zero-order valence-electron chi connectivity index (χ0n) is 50.1. The maximum absolute atomic E-state index is 12.6. The van der Waals surface area contributed by atoms with Crippen molar-refractivity contribution in [3.05, 3.63) is 0 Å². The third kappa shape index (κ3) is 46.5. The summed E-state index contributed by atoms with van der Waals surface area (Å²) in [6.45, 7) is 2.73. The van der Waals surface area contributed by atoms with Gasteiger partial charge in [-0.3, -0.25) is 43.2 Å². The molecule has 30 heteroatoms. The van der Waals surface area contributed by atoms with Crippen LogP contribution in [0.2, 0.25) is 0 Å². The van der Waals surface area contributed by atoms with Gasteiger partial charge in [-0.25, -0.2) is 17.9 Å². The highest BCUT2D eigenvalue weighted by Gasteiger charge is 2.27. The Morgan fingerprint density at radius 3 is 1.17 bits per heavy atom. The maximum atomic E-state index is 12.6. The van der Waals surface area contributed by atoms with Gasteiger partial charge < -0.3 is 81.7 Å². The van der Waals surface area contributed by atoms with Crippen LogP contribution in [0, 0.1) is 0 Å². The predicted octanol–water partition coefficient (Wildman–Crippen LogP) is 1.71. The number of hydrogen-bond acceptors (Lipinski definition) is 18. The van der Waals surface area contributed by atoms with Gasteiger partial charge >= 0.3 is 23.9 Å². The molecule has 494 valence electrons. The van der Waals surface area contributed by atoms with Crippen molar-refractivity contribution < 1.29 is 102 Å². The highest BCUT2D eigenvalue weighted by molar-refractivity contribution is 14.1. The minimum Gasteiger partial charge on any atom is -0.481 e. The lowest BCUT2D eigenvalue weighted by Gasteiger charge is -2.22. The van der Waals surface area contributed by atoms with Gasteiger partial charge in [-0.05, 0) is 65.2 Å². The van der Waals surface area contributed by atoms with Crippen molar-refractivity contribution in [2.75, 3.05) is 72.5 Å². The molecule has 13 N–H and O–H groups in total. The standard InChI is InChI=1S/C56H97IN8O21/c1-39(66)52(40(2)67)64-53(76)41(65-57)19-17-18-28-58-45(68)25-22-43(55(79)80)62-48(71)27-24-44(56(81)82)63-50(73)38-86-36-34-84-32-30-60-49(72)37-85-35-33-83-31-29-59-46(69)26-23-42(54(77)78)61-47(70)20-15-13-11-9-7-5-3-4-6-8-10-12-14-16-21-51(74)75/h39,41-44,52,65-66H,3-38H2,1-2H3,(H,58,68)(H,59,69)(H,60,72)(H,61,70)(H,62,71)(H,63,73)(H,64,76)(H,74,75)(H,77,78)(H,79,80)(H,81,82)/t39-,41+,42+,43+,44+,52+/m1/s1. The third-order valence-corrected chi connectivity index (χ3v) is 13.9. The quantitative estimate of drug-likeness (QED) is 0.0234. The van der Waals surface area contributed by atoms with Crippen LogP contribution in [-0.4, -0.2) is 205 Å². The first kappa shape index (κ1) is 80.3. The van der Waals surface area contributed by atoms with Gasteiger partial charge in [-0.15, -0.1) is 0 Å². The third-order valence-electron chi connectivity index (χ3n) is 13.2. The van der Waals surface area contributed by atoms with Gasteiger partial charge in [0, 0.05) is 74.6 Å². The van der Waals surface area contributed by atoms with Crippen molar-refractivity contribution in [2.24, 2.45) is 0 Å². The molecule has 0 unspecified atom stereocenters. The summed E-state index contributed by atoms with van der Waals surface area (Å²) >= 11 is 1.80. The SMILES string of the molecule is CC(=O)[C@@H](NC(=O)[C@H](CCCCNC(=O)CC[C@H](NC(=O)CC[C@H](NC(=O)COCCOCCNC(=O)COCCOCCNC(=O)CC[C@H](NC(=O)CCCCCCCCCCCCCCCCC(=O)O)C(=O)O)C(=O)O)C(=O)O)NI)[C@@H](C)O. The first-order valence-corrected chi connectivity index (χ1v) is 30.9. The number of aliphatic hydroxyl groups excluding tert-OH is 1. The number of aliphatic hydroxyl groups is 1. The van der Waals surface area contributed by atoms with E-state index in [4.69, 9.17) is 24.1 Å². The molecule has 0 spiro atoms. The first-order valence-electron chi connectivity index (χ1n) is 29.8. The van der Waals surface area contributed by atoms with E-state index in [1.165, 1.54) is 46.0 Å². The highest BCUT2D eigenvalue weighted by atomic mass is 127. The van der Waals surface area contributed by atoms with Gasteiger partial charge in [-0.2, -0.15) is 0 Å². The second-order valence-electron chi connectivity index (χ2n) is 20.7. The number of amides is 7. The number of carboxylic acids is 4. The van der Waals surface area contributed by atoms with Crippen molar-refractivity contribution in [2.45, 2.75) is 211 Å². The Morgan fingerprint density at radius 2 is 0.756 bits per heavy atom. The monoisotopic (exact) mass is 1340 g/mol. The van der Waals surface area contributed by atoms with Crippen LogP contribution >= 0.6 is 22.9 Å². The lowest BCUT2D eigenvalue weighted by atomic mass is 10.0. The Balaban J connectivity index is 4.06. The molecule has 0 saturated heterocycles. The van der Waals surface area contributed by atoms with Gasteiger partial charge in [-0.1, -0.05) is 77.0 Å². The van der Waals surface area contributed by atoms with Crippen molar-refractivity contribution in [1.82, 2.24) is 40.7 Å². The summed E-state index contributed by atoms with van der Waals surface area (Å²) in [5, 5.41) is 64.5. The van der Waals surface area contributed by atoms with Gasteiger partial charge in [0.05, 0.1) is 51.8 Å². The number of hydrogen-bond donors (Lipinski definition) is 13. The van der Waals surface area contributed by atoms with E-state index in [1.807, 2.05) is 0 Å². The van der Waals surface area contributed by atoms with Gasteiger partial charge in [0.2, 0.25) is 41.4 Å². The van der Waals surface area contributed by atoms with Crippen molar-refractivity contribution in [3.63, 3.8) is 0 Å². The van der Waals surface area contributed by atoms with E-state index in [-0.39, 0.29) is 117 Å². The van der Waals surface area contributed by atoms with Gasteiger partial charge in [0.25, 0.3) is 0 Å². The van der Waals surface area contributed by atoms with Crippen LogP contribution in [0.15, 0.2) is 0 Å². The summed E-state index contributed by atoms with van der Waals surface area (Å²) < 4.78 is 24.0. The molecular formula is C56H97IN8O21. The van der Waals surface area contributed by atoms with E-state index in [1.54, 1.807) is 22.9 Å². The minimum atomic E-state index is -1.51. The molecule has 0 aromatic rings. The average molecular weight is 1350 g/mol. The molecule has 0 saturated carbocycles. The molecule has 0 rings (SSSR count). The Hall–Kier alpha value is -5.67. The number of ether oxygens (including phenoxy) is 4. The Kier molecular flexibility index (Phi) is 49.0. The Labute approximate surface area is 517 Å². The summed E-state index contributed by atoms with van der Waals surface area (Å²) in [4.78, 5) is 144. The summed E-state index contributed by atoms with van der Waals surface area (Å²) in [5.41, 5.74) is 0. The fraction of sp³-hybridized carbons (Fsp3) is 0.786. The van der Waals surface area contributed by atoms with Crippen molar-refractivity contribution >= 4 is 93.9 Å². The van der Waals surface area contributed by atoms with Crippen LogP contribution in [0.1, 0.15) is 174 Å². The molecule has 7 amide bonds. The lowest BCUT2D eigenvalue weighted by molar-refractivity contribution is -0.144. The smallest absolute Gasteiger partial charge is 0.326 e. The Morgan fingerprint density at radius 1 is 0.384 bits per heavy atom. The average Bonchev–Trinajstić information content (AvgIpc) is 3.67. The molecule has 0 aliphatic heterocycles. The first-order chi connectivity index (χ1) is 41.1. The zero-order chi connectivity index (χ0) is 64.3. The number of aliphatic carboxylic acids is 4. The topological polar surface area (TPSA) is 439 Å². The van der Waals surface area contributed by atoms with Crippen molar-refractivity contribution in [1.29, 1.82) is 0 Å². The number of unbranched alkanes of at least 4 members (excludes halogenated alkanes) is 14. The fourth-order valence-electron chi connectivity index (χ4n) is 8.33. The van der Waals surface area contributed by atoms with E-state index in [2.05, 4.69) is 40.7 Å². The molecule has 6 atom stereocenters. The number of carboxylic acid groups (broad SMARTS) is 4.